The van der Waals surface area contributed by atoms with Crippen LogP contribution in [0.15, 0.2) is 61.2 Å². The van der Waals surface area contributed by atoms with Crippen molar-refractivity contribution in [2.75, 3.05) is 6.54 Å². The van der Waals surface area contributed by atoms with Crippen molar-refractivity contribution in [1.29, 1.82) is 0 Å². The van der Waals surface area contributed by atoms with Gasteiger partial charge < -0.3 is 4.57 Å². The van der Waals surface area contributed by atoms with Crippen LogP contribution in [0.3, 0.4) is 0 Å². The molecule has 2 heterocycles. The lowest BCUT2D eigenvalue weighted by Crippen LogP contribution is -2.27. The summed E-state index contributed by atoms with van der Waals surface area (Å²) >= 11 is 0. The van der Waals surface area contributed by atoms with Gasteiger partial charge in [-0.3, -0.25) is 10.00 Å². The summed E-state index contributed by atoms with van der Waals surface area (Å²) in [6, 6.07) is 17.3. The first-order valence-electron chi connectivity index (χ1n) is 10.2. The van der Waals surface area contributed by atoms with Gasteiger partial charge in [0.2, 0.25) is 0 Å². The summed E-state index contributed by atoms with van der Waals surface area (Å²) in [5.41, 5.74) is 5.10. The van der Waals surface area contributed by atoms with Gasteiger partial charge in [0.15, 0.2) is 0 Å². The molecule has 0 saturated heterocycles. The molecule has 7 nitrogen and oxygen atoms in total. The molecule has 4 rings (SSSR count). The van der Waals surface area contributed by atoms with Crippen LogP contribution < -0.4 is 0 Å². The first-order chi connectivity index (χ1) is 14.7. The van der Waals surface area contributed by atoms with Gasteiger partial charge in [0, 0.05) is 6.54 Å². The fraction of sp³-hybridized carbons (Fsp3) is 0.304. The number of rotatable bonds is 9. The van der Waals surface area contributed by atoms with E-state index in [0.717, 1.165) is 31.2 Å². The number of hydrogen-bond acceptors (Lipinski definition) is 5. The number of hydrogen-bond donors (Lipinski definition) is 1. The van der Waals surface area contributed by atoms with Crippen LogP contribution in [0.25, 0.3) is 0 Å². The molecule has 0 radical (unpaired) electrons. The van der Waals surface area contributed by atoms with Crippen molar-refractivity contribution in [3.8, 4) is 0 Å². The monoisotopic (exact) mass is 401 g/mol. The molecule has 30 heavy (non-hydrogen) atoms. The summed E-state index contributed by atoms with van der Waals surface area (Å²) in [5.74, 6) is 1.79. The van der Waals surface area contributed by atoms with Crippen LogP contribution >= 0.6 is 0 Å². The Balaban J connectivity index is 1.46. The van der Waals surface area contributed by atoms with Crippen LogP contribution in [-0.2, 0) is 26.1 Å². The number of nitrogens with zero attached hydrogens (tertiary/aromatic N) is 6. The molecule has 0 fully saturated rings. The van der Waals surface area contributed by atoms with E-state index >= 15 is 0 Å². The van der Waals surface area contributed by atoms with E-state index in [4.69, 9.17) is 0 Å². The first-order valence-corrected chi connectivity index (χ1v) is 10.2. The van der Waals surface area contributed by atoms with E-state index in [1.54, 1.807) is 6.33 Å². The minimum absolute atomic E-state index is 0.684. The summed E-state index contributed by atoms with van der Waals surface area (Å²) in [4.78, 5) is 6.63. The van der Waals surface area contributed by atoms with E-state index in [1.165, 1.54) is 22.3 Å². The minimum Gasteiger partial charge on any atom is -0.312 e. The van der Waals surface area contributed by atoms with E-state index in [9.17, 15) is 0 Å². The summed E-state index contributed by atoms with van der Waals surface area (Å²) in [6.07, 6.45) is 4.32. The lowest BCUT2D eigenvalue weighted by Gasteiger charge is -2.21. The highest BCUT2D eigenvalue weighted by atomic mass is 15.3. The first kappa shape index (κ1) is 20.0. The van der Waals surface area contributed by atoms with Gasteiger partial charge in [0.05, 0.1) is 19.6 Å². The molecular formula is C23H27N7. The maximum Gasteiger partial charge on any atom is 0.147 e. The Morgan fingerprint density at radius 3 is 2.27 bits per heavy atom. The molecule has 0 bridgehead atoms. The second kappa shape index (κ2) is 9.45. The van der Waals surface area contributed by atoms with E-state index in [1.807, 2.05) is 6.33 Å². The Morgan fingerprint density at radius 1 is 0.900 bits per heavy atom. The van der Waals surface area contributed by atoms with Gasteiger partial charge in [0.1, 0.15) is 24.3 Å². The van der Waals surface area contributed by atoms with E-state index in [2.05, 4.69) is 97.2 Å². The van der Waals surface area contributed by atoms with Crippen LogP contribution in [0.1, 0.15) is 33.9 Å². The second-order valence-electron chi connectivity index (χ2n) is 7.74. The van der Waals surface area contributed by atoms with Gasteiger partial charge in [-0.05, 0) is 31.4 Å². The maximum absolute atomic E-state index is 4.39. The number of aryl methyl sites for hydroxylation is 2. The second-order valence-corrected chi connectivity index (χ2v) is 7.74. The highest BCUT2D eigenvalue weighted by molar-refractivity contribution is 5.22. The fourth-order valence-corrected chi connectivity index (χ4v) is 3.40. The highest BCUT2D eigenvalue weighted by Crippen LogP contribution is 2.12. The maximum atomic E-state index is 4.39. The van der Waals surface area contributed by atoms with Crippen molar-refractivity contribution in [2.24, 2.45) is 0 Å². The van der Waals surface area contributed by atoms with Gasteiger partial charge in [-0.2, -0.15) is 5.10 Å². The average Bonchev–Trinajstić information content (AvgIpc) is 3.41. The predicted molar refractivity (Wildman–Crippen MR) is 116 cm³/mol. The van der Waals surface area contributed by atoms with Crippen LogP contribution in [0.2, 0.25) is 0 Å². The Bertz CT molecular complexity index is 1030. The molecule has 1 N–H and O–H groups in total. The standard InChI is InChI=1S/C23H27N7/c1-18-3-7-20(8-4-18)11-12-29(14-22-24-16-25-27-22)15-23-28-26-17-30(23)13-21-9-5-19(2)6-10-21/h3-10,16-17H,11-15H2,1-2H3,(H,24,25,27). The van der Waals surface area contributed by atoms with Gasteiger partial charge >= 0.3 is 0 Å². The number of benzene rings is 2. The predicted octanol–water partition coefficient (Wildman–Crippen LogP) is 3.31. The minimum atomic E-state index is 0.684. The van der Waals surface area contributed by atoms with E-state index in [-0.39, 0.29) is 0 Å². The number of nitrogens with one attached hydrogen (secondary N) is 1. The van der Waals surface area contributed by atoms with Gasteiger partial charge in [0.25, 0.3) is 0 Å². The lowest BCUT2D eigenvalue weighted by atomic mass is 10.1. The van der Waals surface area contributed by atoms with E-state index < -0.39 is 0 Å². The molecule has 2 aromatic carbocycles. The molecule has 0 saturated carbocycles. The van der Waals surface area contributed by atoms with Gasteiger partial charge in [-0.1, -0.05) is 59.7 Å². The Labute approximate surface area is 176 Å². The number of aromatic nitrogens is 6. The molecule has 0 spiro atoms. The van der Waals surface area contributed by atoms with Crippen molar-refractivity contribution in [3.63, 3.8) is 0 Å². The zero-order chi connectivity index (χ0) is 20.8. The molecule has 2 aromatic heterocycles. The normalized spacial score (nSPS) is 11.3. The Kier molecular flexibility index (Phi) is 6.29. The SMILES string of the molecule is Cc1ccc(CCN(Cc2ncn[nH]2)Cc2nncn2Cc2ccc(C)cc2)cc1. The van der Waals surface area contributed by atoms with Crippen LogP contribution in [-0.4, -0.2) is 41.4 Å². The van der Waals surface area contributed by atoms with Crippen molar-refractivity contribution in [1.82, 2.24) is 34.8 Å². The van der Waals surface area contributed by atoms with Crippen molar-refractivity contribution >= 4 is 0 Å². The third-order valence-corrected chi connectivity index (χ3v) is 5.21. The largest absolute Gasteiger partial charge is 0.312 e. The molecule has 0 aliphatic rings. The van der Waals surface area contributed by atoms with Gasteiger partial charge in [-0.25, -0.2) is 4.98 Å². The Morgan fingerprint density at radius 2 is 1.60 bits per heavy atom. The molecule has 0 aliphatic carbocycles. The average molecular weight is 402 g/mol. The molecule has 154 valence electrons. The van der Waals surface area contributed by atoms with Gasteiger partial charge in [-0.15, -0.1) is 10.2 Å². The third kappa shape index (κ3) is 5.39. The summed E-state index contributed by atoms with van der Waals surface area (Å²) in [6.45, 7) is 7.24. The summed E-state index contributed by atoms with van der Waals surface area (Å²) < 4.78 is 2.12. The molecule has 0 aliphatic heterocycles. The smallest absolute Gasteiger partial charge is 0.147 e. The third-order valence-electron chi connectivity index (χ3n) is 5.21. The fourth-order valence-electron chi connectivity index (χ4n) is 3.40. The lowest BCUT2D eigenvalue weighted by molar-refractivity contribution is 0.244. The van der Waals surface area contributed by atoms with Crippen molar-refractivity contribution in [2.45, 2.75) is 39.9 Å². The number of H-pyrrole nitrogens is 1. The zero-order valence-corrected chi connectivity index (χ0v) is 17.5. The molecule has 0 atom stereocenters. The van der Waals surface area contributed by atoms with Crippen molar-refractivity contribution in [3.05, 3.63) is 95.1 Å². The Hall–Kier alpha value is -3.32. The zero-order valence-electron chi connectivity index (χ0n) is 17.5. The van der Waals surface area contributed by atoms with E-state index in [0.29, 0.717) is 13.1 Å². The summed E-state index contributed by atoms with van der Waals surface area (Å²) in [5, 5.41) is 15.5. The molecule has 0 unspecified atom stereocenters. The summed E-state index contributed by atoms with van der Waals surface area (Å²) in [7, 11) is 0. The molecule has 4 aromatic rings. The van der Waals surface area contributed by atoms with Crippen LogP contribution in [0.5, 0.6) is 0 Å². The van der Waals surface area contributed by atoms with Crippen molar-refractivity contribution < 1.29 is 0 Å². The quantitative estimate of drug-likeness (QED) is 0.466. The molecule has 0 amide bonds. The number of aromatic amines is 1. The van der Waals surface area contributed by atoms with Crippen LogP contribution in [0.4, 0.5) is 0 Å². The topological polar surface area (TPSA) is 75.5 Å². The molecular weight excluding hydrogens is 374 g/mol. The van der Waals surface area contributed by atoms with Crippen LogP contribution in [0, 0.1) is 13.8 Å². The molecule has 7 heteroatoms. The highest BCUT2D eigenvalue weighted by Gasteiger charge is 2.14.